The lowest BCUT2D eigenvalue weighted by Crippen LogP contribution is -2.51. The minimum atomic E-state index is -3.86. The molecule has 1 saturated heterocycles. The largest absolute Gasteiger partial charge is 0.494 e. The molecular weight excluding hydrogens is 681 g/mol. The van der Waals surface area contributed by atoms with Crippen molar-refractivity contribution >= 4 is 48.1 Å². The van der Waals surface area contributed by atoms with Crippen molar-refractivity contribution in [3.05, 3.63) is 30.0 Å². The van der Waals surface area contributed by atoms with Crippen molar-refractivity contribution in [1.29, 1.82) is 0 Å². The summed E-state index contributed by atoms with van der Waals surface area (Å²) in [5.41, 5.74) is 2.69. The Morgan fingerprint density at radius 1 is 1.04 bits per heavy atom. The minimum Gasteiger partial charge on any atom is -0.494 e. The van der Waals surface area contributed by atoms with E-state index in [0.717, 1.165) is 39.3 Å². The molecule has 0 bridgehead atoms. The van der Waals surface area contributed by atoms with Crippen LogP contribution in [0.1, 0.15) is 121 Å². The molecule has 0 aromatic carbocycles. The molecule has 2 aliphatic rings. The molecule has 0 atom stereocenters. The summed E-state index contributed by atoms with van der Waals surface area (Å²) >= 11 is 0. The highest BCUT2D eigenvalue weighted by molar-refractivity contribution is 7.89. The van der Waals surface area contributed by atoms with Gasteiger partial charge in [0.15, 0.2) is 8.24 Å². The molecule has 0 unspecified atom stereocenters. The lowest BCUT2D eigenvalue weighted by molar-refractivity contribution is 0.00578. The second-order valence-electron chi connectivity index (χ2n) is 17.7. The van der Waals surface area contributed by atoms with Crippen LogP contribution in [0.3, 0.4) is 0 Å². The number of methoxy groups -OCH3 is 1. The number of rotatable bonds is 11. The van der Waals surface area contributed by atoms with E-state index in [1.54, 1.807) is 27.9 Å². The molecular formula is C38H64BN3O7SSi. The molecule has 0 spiro atoms. The van der Waals surface area contributed by atoms with Crippen LogP contribution in [0.15, 0.2) is 24.4 Å². The molecule has 1 aliphatic carbocycles. The number of allylic oxidation sites excluding steroid dienone is 1. The van der Waals surface area contributed by atoms with Crippen LogP contribution < -0.4 is 4.74 Å². The van der Waals surface area contributed by atoms with E-state index in [9.17, 15) is 13.2 Å². The van der Waals surface area contributed by atoms with Gasteiger partial charge in [0.05, 0.1) is 30.3 Å². The van der Waals surface area contributed by atoms with Crippen molar-refractivity contribution in [1.82, 2.24) is 13.5 Å². The summed E-state index contributed by atoms with van der Waals surface area (Å²) in [5, 5.41) is 1.04. The number of hydrogen-bond donors (Lipinski definition) is 0. The molecule has 2 fully saturated rings. The molecule has 10 nitrogen and oxygen atoms in total. The lowest BCUT2D eigenvalue weighted by Gasteiger charge is -2.44. The van der Waals surface area contributed by atoms with E-state index >= 15 is 0 Å². The van der Waals surface area contributed by atoms with Gasteiger partial charge in [-0.15, -0.1) is 0 Å². The highest BCUT2D eigenvalue weighted by atomic mass is 32.2. The molecule has 3 heterocycles. The van der Waals surface area contributed by atoms with Gasteiger partial charge >= 0.3 is 13.2 Å². The number of nitrogens with zero attached hydrogens (tertiary/aromatic N) is 3. The summed E-state index contributed by atoms with van der Waals surface area (Å²) in [7, 11) is -3.59. The Bertz CT molecular complexity index is 1670. The number of hydrogen-bond acceptors (Lipinski definition) is 8. The summed E-state index contributed by atoms with van der Waals surface area (Å²) < 4.78 is 54.4. The molecule has 2 aromatic rings. The number of carbonyl (C=O) groups is 1. The van der Waals surface area contributed by atoms with E-state index in [0.29, 0.717) is 35.2 Å². The molecule has 0 radical (unpaired) electrons. The van der Waals surface area contributed by atoms with Crippen molar-refractivity contribution in [2.24, 2.45) is 11.8 Å². The van der Waals surface area contributed by atoms with Gasteiger partial charge < -0.3 is 23.0 Å². The Balaban J connectivity index is 1.78. The standard InChI is InChI=1S/C38H64BN3O7SSi/c1-25(2)51(26(3)4,27(5)6)42-21-20-30-33(32(46-15)23-40-34(30)42)31(22-39-48-37(10,11)38(12,13)49-39)29-18-16-28(17-19-29)24-50(44,45)41(14)35(43)47-36(7,8)9/h20-23,25-29H,16-19,24H2,1-15H3/b31-22-/t28-,29-. The van der Waals surface area contributed by atoms with E-state index in [4.69, 9.17) is 23.8 Å². The third-order valence-electron chi connectivity index (χ3n) is 11.8. The molecule has 13 heteroatoms. The van der Waals surface area contributed by atoms with Crippen molar-refractivity contribution in [3.63, 3.8) is 0 Å². The first-order chi connectivity index (χ1) is 23.4. The quantitative estimate of drug-likeness (QED) is 0.210. The first kappa shape index (κ1) is 41.4. The molecule has 1 amide bonds. The highest BCUT2D eigenvalue weighted by Gasteiger charge is 2.51. The summed E-state index contributed by atoms with van der Waals surface area (Å²) in [6.07, 6.45) is 6.15. The van der Waals surface area contributed by atoms with Gasteiger partial charge in [0.1, 0.15) is 17.0 Å². The Morgan fingerprint density at radius 2 is 1.57 bits per heavy atom. The average Bonchev–Trinajstić information content (AvgIpc) is 3.50. The van der Waals surface area contributed by atoms with Crippen LogP contribution in [0.2, 0.25) is 16.6 Å². The maximum Gasteiger partial charge on any atom is 0.487 e. The fraction of sp³-hybridized carbons (Fsp3) is 0.737. The SMILES string of the molecule is COc1cnc2c(ccn2[Si](C(C)C)(C(C)C)C(C)C)c1/C(=C\B1OC(C)(C)C(C)(C)O1)[C@H]1CC[C@H](CS(=O)(=O)N(C)C(=O)OC(C)(C)C)CC1. The Labute approximate surface area is 309 Å². The van der Waals surface area contributed by atoms with E-state index in [1.807, 2.05) is 6.20 Å². The summed E-state index contributed by atoms with van der Waals surface area (Å²) in [4.78, 5) is 17.7. The van der Waals surface area contributed by atoms with Gasteiger partial charge in [0.25, 0.3) is 0 Å². The molecule has 0 N–H and O–H groups in total. The van der Waals surface area contributed by atoms with Gasteiger partial charge in [-0.1, -0.05) is 47.5 Å². The van der Waals surface area contributed by atoms with Gasteiger partial charge in [0.2, 0.25) is 10.0 Å². The zero-order chi connectivity index (χ0) is 38.5. The molecule has 2 aromatic heterocycles. The second-order valence-corrected chi connectivity index (χ2v) is 25.4. The second kappa shape index (κ2) is 14.8. The fourth-order valence-corrected chi connectivity index (χ4v) is 16.6. The predicted molar refractivity (Wildman–Crippen MR) is 210 cm³/mol. The molecule has 4 rings (SSSR count). The van der Waals surface area contributed by atoms with Crippen LogP contribution in [-0.2, 0) is 24.1 Å². The molecule has 1 saturated carbocycles. The summed E-state index contributed by atoms with van der Waals surface area (Å²) in [6.45, 7) is 27.5. The monoisotopic (exact) mass is 745 g/mol. The number of sulfonamides is 1. The number of aromatic nitrogens is 2. The van der Waals surface area contributed by atoms with Crippen molar-refractivity contribution in [3.8, 4) is 5.75 Å². The zero-order valence-corrected chi connectivity index (χ0v) is 35.7. The molecule has 286 valence electrons. The lowest BCUT2D eigenvalue weighted by atomic mass is 9.72. The molecule has 1 aliphatic heterocycles. The fourth-order valence-electron chi connectivity index (χ4n) is 8.68. The van der Waals surface area contributed by atoms with Gasteiger partial charge in [-0.2, -0.15) is 0 Å². The zero-order valence-electron chi connectivity index (χ0n) is 33.9. The number of fused-ring (bicyclic) bond motifs is 1. The van der Waals surface area contributed by atoms with Crippen LogP contribution in [0.4, 0.5) is 4.79 Å². The van der Waals surface area contributed by atoms with Gasteiger partial charge in [-0.3, -0.25) is 0 Å². The summed E-state index contributed by atoms with van der Waals surface area (Å²) in [5.74, 6) is 2.71. The normalized spacial score (nSPS) is 21.6. The number of pyridine rings is 1. The highest BCUT2D eigenvalue weighted by Crippen LogP contribution is 2.48. The Morgan fingerprint density at radius 3 is 2.04 bits per heavy atom. The van der Waals surface area contributed by atoms with Crippen LogP contribution in [-0.4, -0.2) is 80.1 Å². The number of carbonyl (C=O) groups excluding carboxylic acids is 1. The minimum absolute atomic E-state index is 0.0931. The van der Waals surface area contributed by atoms with Gasteiger partial charge in [-0.05, 0) is 120 Å². The first-order valence-electron chi connectivity index (χ1n) is 18.7. The van der Waals surface area contributed by atoms with E-state index in [1.165, 1.54) is 7.05 Å². The van der Waals surface area contributed by atoms with Crippen molar-refractivity contribution in [2.45, 2.75) is 149 Å². The van der Waals surface area contributed by atoms with Gasteiger partial charge in [0, 0.05) is 18.0 Å². The third kappa shape index (κ3) is 8.11. The maximum atomic E-state index is 13.3. The maximum absolute atomic E-state index is 13.3. The molecule has 51 heavy (non-hydrogen) atoms. The van der Waals surface area contributed by atoms with E-state index in [-0.39, 0.29) is 17.6 Å². The topological polar surface area (TPSA) is 109 Å². The summed E-state index contributed by atoms with van der Waals surface area (Å²) in [6, 6.07) is 2.21. The Hall–Kier alpha value is -2.35. The van der Waals surface area contributed by atoms with E-state index in [2.05, 4.69) is 91.7 Å². The average molecular weight is 746 g/mol. The van der Waals surface area contributed by atoms with Crippen LogP contribution in [0, 0.1) is 11.8 Å². The van der Waals surface area contributed by atoms with Crippen molar-refractivity contribution < 1.29 is 32.0 Å². The smallest absolute Gasteiger partial charge is 0.487 e. The van der Waals surface area contributed by atoms with Gasteiger partial charge in [-0.25, -0.2) is 22.5 Å². The van der Waals surface area contributed by atoms with Crippen LogP contribution in [0.25, 0.3) is 16.6 Å². The predicted octanol–water partition coefficient (Wildman–Crippen LogP) is 9.09. The van der Waals surface area contributed by atoms with Crippen LogP contribution >= 0.6 is 0 Å². The number of amides is 1. The van der Waals surface area contributed by atoms with Crippen molar-refractivity contribution in [2.75, 3.05) is 19.9 Å². The third-order valence-corrected chi connectivity index (χ3v) is 20.4. The van der Waals surface area contributed by atoms with E-state index < -0.39 is 48.3 Å². The number of ether oxygens (including phenoxy) is 2. The Kier molecular flexibility index (Phi) is 12.0. The van der Waals surface area contributed by atoms with Crippen LogP contribution in [0.5, 0.6) is 5.75 Å². The first-order valence-corrected chi connectivity index (χ1v) is 22.5.